The monoisotopic (exact) mass is 822 g/mol. The number of anilines is 1. The van der Waals surface area contributed by atoms with Gasteiger partial charge in [0.1, 0.15) is 41.5 Å². The summed E-state index contributed by atoms with van der Waals surface area (Å²) in [5, 5.41) is 14.6. The van der Waals surface area contributed by atoms with Crippen LogP contribution in [-0.4, -0.2) is 82.0 Å². The lowest BCUT2D eigenvalue weighted by Gasteiger charge is -2.35. The van der Waals surface area contributed by atoms with Crippen molar-refractivity contribution in [1.29, 1.82) is 0 Å². The Hall–Kier alpha value is -4.13. The smallest absolute Gasteiger partial charge is 0.339 e. The number of amides is 1. The Bertz CT molecular complexity index is 2250. The number of rotatable bonds is 15. The fraction of sp³-hybridized carbons (Fsp3) is 0.533. The molecule has 0 saturated carbocycles. The number of aromatic carboxylic acids is 1. The molecule has 0 spiro atoms. The number of carbonyl (C=O) groups is 2. The summed E-state index contributed by atoms with van der Waals surface area (Å²) in [5.74, 6) is -6.50. The standard InChI is InChI=1S/C45H51ClF3N3O6/c46-15-5-1-2-8-21-56-23-24-57-22-16-50-44(53)36-37(47)34(35(45(54)55)38(48)39(36)49)33-31-25-27-11-3-6-17-51-19-9-13-29(40(27)51)42(31)58-43-30-14-10-20-52-18-7-4-12-28(41(30)52)26-32(33)43/h25-26H,1-24H2,(H-,50,53,54,55)/p+1. The van der Waals surface area contributed by atoms with Gasteiger partial charge in [-0.3, -0.25) is 4.79 Å². The van der Waals surface area contributed by atoms with E-state index in [0.29, 0.717) is 54.2 Å². The number of carbonyl (C=O) groups excluding carboxylic acids is 1. The molecule has 5 heterocycles. The second-order valence-electron chi connectivity index (χ2n) is 16.0. The number of nitrogens with zero attached hydrogens (tertiary/aromatic N) is 2. The average molecular weight is 823 g/mol. The molecule has 0 aliphatic carbocycles. The molecule has 3 aromatic carbocycles. The van der Waals surface area contributed by atoms with Gasteiger partial charge in [-0.1, -0.05) is 12.8 Å². The van der Waals surface area contributed by atoms with Crippen molar-refractivity contribution in [3.8, 4) is 11.5 Å². The number of aryl methyl sites for hydroxylation is 2. The number of ether oxygens (including phenoxy) is 3. The molecule has 0 aromatic heterocycles. The number of fused-ring (bicyclic) bond motifs is 4. The normalized spacial score (nSPS) is 16.7. The first kappa shape index (κ1) is 40.6. The zero-order valence-electron chi connectivity index (χ0n) is 33.0. The van der Waals surface area contributed by atoms with E-state index in [1.807, 2.05) is 12.1 Å². The number of alkyl halides is 1. The largest absolute Gasteiger partial charge is 0.478 e. The van der Waals surface area contributed by atoms with Gasteiger partial charge in [-0.2, -0.15) is 0 Å². The second kappa shape index (κ2) is 18.0. The number of unbranched alkanes of at least 4 members (excludes halogenated alkanes) is 3. The summed E-state index contributed by atoms with van der Waals surface area (Å²) in [4.78, 5) is 29.1. The summed E-state index contributed by atoms with van der Waals surface area (Å²) in [6, 6.07) is 3.88. The molecule has 0 unspecified atom stereocenters. The van der Waals surface area contributed by atoms with Crippen LogP contribution in [0.1, 0.15) is 118 Å². The number of hydrogen-bond acceptors (Lipinski definition) is 6. The molecule has 13 heteroatoms. The molecule has 0 fully saturated rings. The molecule has 9 nitrogen and oxygen atoms in total. The van der Waals surface area contributed by atoms with Crippen molar-refractivity contribution in [2.75, 3.05) is 69.9 Å². The van der Waals surface area contributed by atoms with Gasteiger partial charge in [0.25, 0.3) is 5.91 Å². The number of nitrogens with one attached hydrogen (secondary N) is 1. The number of benzene rings is 3. The zero-order valence-corrected chi connectivity index (χ0v) is 33.8. The fourth-order valence-corrected chi connectivity index (χ4v) is 9.88. The van der Waals surface area contributed by atoms with Gasteiger partial charge in [-0.05, 0) is 81.9 Å². The molecule has 2 N–H and O–H groups in total. The molecule has 0 saturated heterocycles. The van der Waals surface area contributed by atoms with Crippen molar-refractivity contribution in [2.24, 2.45) is 0 Å². The minimum atomic E-state index is -1.86. The molecule has 0 bridgehead atoms. The van der Waals surface area contributed by atoms with E-state index in [2.05, 4.69) is 14.8 Å². The minimum Gasteiger partial charge on any atom is -0.478 e. The lowest BCUT2D eigenvalue weighted by atomic mass is 9.82. The highest BCUT2D eigenvalue weighted by Crippen LogP contribution is 2.49. The molecule has 8 rings (SSSR count). The topological polar surface area (TPSA) is 100 Å². The Labute approximate surface area is 341 Å². The first-order valence-electron chi connectivity index (χ1n) is 21.2. The van der Waals surface area contributed by atoms with Crippen molar-refractivity contribution in [1.82, 2.24) is 9.89 Å². The maximum absolute atomic E-state index is 17.5. The third-order valence-electron chi connectivity index (χ3n) is 12.3. The Kier molecular flexibility index (Phi) is 12.6. The number of carboxylic acids is 1. The van der Waals surface area contributed by atoms with E-state index in [1.165, 1.54) is 0 Å². The highest BCUT2D eigenvalue weighted by molar-refractivity contribution is 6.17. The summed E-state index contributed by atoms with van der Waals surface area (Å²) in [5.41, 5.74) is 2.65. The zero-order chi connectivity index (χ0) is 40.3. The summed E-state index contributed by atoms with van der Waals surface area (Å²) in [6.45, 7) is 4.66. The second-order valence-corrected chi connectivity index (χ2v) is 16.4. The molecule has 5 aliphatic heterocycles. The maximum Gasteiger partial charge on any atom is 0.339 e. The summed E-state index contributed by atoms with van der Waals surface area (Å²) < 4.78 is 70.3. The van der Waals surface area contributed by atoms with E-state index in [4.69, 9.17) is 25.8 Å². The third kappa shape index (κ3) is 7.72. The fourth-order valence-electron chi connectivity index (χ4n) is 9.69. The van der Waals surface area contributed by atoms with Crippen LogP contribution in [0, 0.1) is 17.5 Å². The van der Waals surface area contributed by atoms with Crippen LogP contribution >= 0.6 is 11.6 Å². The first-order chi connectivity index (χ1) is 28.3. The van der Waals surface area contributed by atoms with Gasteiger partial charge in [-0.15, -0.1) is 11.6 Å². The molecule has 5 aliphatic rings. The van der Waals surface area contributed by atoms with Crippen LogP contribution < -0.4 is 30.1 Å². The van der Waals surface area contributed by atoms with E-state index in [0.717, 1.165) is 137 Å². The molecule has 3 aromatic rings. The van der Waals surface area contributed by atoms with Crippen LogP contribution in [-0.2, 0) is 35.2 Å². The predicted octanol–water partition coefficient (Wildman–Crippen LogP) is 6.58. The van der Waals surface area contributed by atoms with E-state index in [-0.39, 0.29) is 25.3 Å². The molecular formula is C45H52ClF3N3O6+. The van der Waals surface area contributed by atoms with Crippen molar-refractivity contribution in [2.45, 2.75) is 89.9 Å². The summed E-state index contributed by atoms with van der Waals surface area (Å²) >= 11 is 5.71. The van der Waals surface area contributed by atoms with Crippen molar-refractivity contribution in [3.05, 3.63) is 84.7 Å². The summed E-state index contributed by atoms with van der Waals surface area (Å²) in [6.07, 6.45) is 12.4. The molecule has 0 atom stereocenters. The molecule has 0 radical (unpaired) electrons. The number of carboxylic acid groups (broad SMARTS) is 1. The van der Waals surface area contributed by atoms with Crippen LogP contribution in [0.2, 0.25) is 0 Å². The highest BCUT2D eigenvalue weighted by atomic mass is 35.5. The van der Waals surface area contributed by atoms with Gasteiger partial charge in [0, 0.05) is 83.7 Å². The lowest BCUT2D eigenvalue weighted by Crippen LogP contribution is -2.41. The molecule has 58 heavy (non-hydrogen) atoms. The molecule has 1 amide bonds. The van der Waals surface area contributed by atoms with Gasteiger partial charge in [0.05, 0.1) is 25.4 Å². The minimum absolute atomic E-state index is 0.0158. The van der Waals surface area contributed by atoms with Gasteiger partial charge in [0.15, 0.2) is 11.6 Å². The first-order valence-corrected chi connectivity index (χ1v) is 21.7. The molecular weight excluding hydrogens is 771 g/mol. The van der Waals surface area contributed by atoms with E-state index >= 15 is 13.2 Å². The summed E-state index contributed by atoms with van der Waals surface area (Å²) in [7, 11) is 0. The maximum atomic E-state index is 17.5. The Morgan fingerprint density at radius 3 is 2.33 bits per heavy atom. The van der Waals surface area contributed by atoms with Gasteiger partial charge in [-0.25, -0.2) is 22.5 Å². The van der Waals surface area contributed by atoms with Crippen LogP contribution in [0.5, 0.6) is 11.5 Å². The van der Waals surface area contributed by atoms with E-state index in [9.17, 15) is 14.7 Å². The van der Waals surface area contributed by atoms with Gasteiger partial charge in [0.2, 0.25) is 5.36 Å². The van der Waals surface area contributed by atoms with Crippen molar-refractivity contribution in [3.63, 3.8) is 0 Å². The van der Waals surface area contributed by atoms with Gasteiger partial charge >= 0.3 is 5.97 Å². The van der Waals surface area contributed by atoms with Crippen LogP contribution in [0.4, 0.5) is 18.9 Å². The van der Waals surface area contributed by atoms with E-state index in [1.54, 1.807) is 0 Å². The molecule has 310 valence electrons. The van der Waals surface area contributed by atoms with Crippen LogP contribution in [0.3, 0.4) is 0 Å². The average Bonchev–Trinajstić information content (AvgIpc) is 3.56. The number of hydrogen-bond donors (Lipinski definition) is 2. The SMILES string of the molecule is O=C(NCCOCCOCCCCCCCl)c1c(F)c(F)c(C(=O)O)c(C2=c3cc4c5c(c3Oc3c2cc2c6c3CCCN6CCCC2)CCC[N+]=5CCCC4)c1F. The van der Waals surface area contributed by atoms with Crippen molar-refractivity contribution >= 4 is 34.7 Å². The quantitative estimate of drug-likeness (QED) is 0.0606. The highest BCUT2D eigenvalue weighted by Gasteiger charge is 2.40. The van der Waals surface area contributed by atoms with Gasteiger partial charge < -0.3 is 29.5 Å². The lowest BCUT2D eigenvalue weighted by molar-refractivity contribution is 0.0468. The van der Waals surface area contributed by atoms with Crippen LogP contribution in [0.15, 0.2) is 12.1 Å². The Morgan fingerprint density at radius 1 is 0.776 bits per heavy atom. The van der Waals surface area contributed by atoms with Crippen molar-refractivity contribution < 1.29 is 42.1 Å². The Morgan fingerprint density at radius 2 is 1.50 bits per heavy atom. The van der Waals surface area contributed by atoms with E-state index < -0.39 is 46.0 Å². The predicted molar refractivity (Wildman–Crippen MR) is 216 cm³/mol. The Balaban J connectivity index is 1.22. The third-order valence-corrected chi connectivity index (χ3v) is 12.5. The number of halogens is 4. The van der Waals surface area contributed by atoms with Crippen LogP contribution in [0.25, 0.3) is 5.57 Å².